The van der Waals surface area contributed by atoms with Crippen molar-refractivity contribution in [2.75, 3.05) is 6.61 Å². The number of aliphatic hydroxyl groups excluding tert-OH is 1. The van der Waals surface area contributed by atoms with Crippen LogP contribution in [0, 0.1) is 17.8 Å². The molecule has 0 spiro atoms. The molecule has 0 bridgehead atoms. The first kappa shape index (κ1) is 14.4. The zero-order valence-corrected chi connectivity index (χ0v) is 9.73. The predicted molar refractivity (Wildman–Crippen MR) is 58.5 cm³/mol. The number of carbonyl (C=O) groups excluding carboxylic acids is 1. The molecule has 0 radical (unpaired) electrons. The van der Waals surface area contributed by atoms with Gasteiger partial charge in [0.15, 0.2) is 12.7 Å². The van der Waals surface area contributed by atoms with Crippen LogP contribution < -0.4 is 0 Å². The first-order valence-electron chi connectivity index (χ1n) is 4.99. The Bertz CT molecular complexity index is 346. The molecule has 0 amide bonds. The van der Waals surface area contributed by atoms with Gasteiger partial charge in [-0.05, 0) is 19.3 Å². The lowest BCUT2D eigenvalue weighted by Gasteiger charge is -2.07. The van der Waals surface area contributed by atoms with E-state index < -0.39 is 12.1 Å². The van der Waals surface area contributed by atoms with Gasteiger partial charge in [-0.15, -0.1) is 5.92 Å². The van der Waals surface area contributed by atoms with Crippen LogP contribution in [-0.2, 0) is 9.53 Å². The molecule has 0 aliphatic heterocycles. The average molecular weight is 224 g/mol. The van der Waals surface area contributed by atoms with Crippen LogP contribution in [0.3, 0.4) is 0 Å². The van der Waals surface area contributed by atoms with Gasteiger partial charge in [-0.1, -0.05) is 19.8 Å². The van der Waals surface area contributed by atoms with Crippen molar-refractivity contribution in [3.63, 3.8) is 0 Å². The van der Waals surface area contributed by atoms with Crippen molar-refractivity contribution in [2.24, 2.45) is 5.92 Å². The fourth-order valence-corrected chi connectivity index (χ4v) is 1.05. The fraction of sp³-hybridized carbons (Fsp3) is 0.636. The number of ether oxygens (including phenoxy) is 1. The number of hydrogen-bond donors (Lipinski definition) is 1. The second kappa shape index (κ2) is 7.63. The summed E-state index contributed by atoms with van der Waals surface area (Å²) in [7, 11) is 0. The van der Waals surface area contributed by atoms with Crippen molar-refractivity contribution in [3.05, 3.63) is 5.53 Å². The quantitative estimate of drug-likeness (QED) is 0.244. The Hall–Kier alpha value is -1.63. The summed E-state index contributed by atoms with van der Waals surface area (Å²) >= 11 is 0. The third kappa shape index (κ3) is 5.30. The summed E-state index contributed by atoms with van der Waals surface area (Å²) in [6.07, 6.45) is -0.791. The lowest BCUT2D eigenvalue weighted by molar-refractivity contribution is -0.140. The minimum Gasteiger partial charge on any atom is -0.444 e. The molecule has 5 heteroatoms. The van der Waals surface area contributed by atoms with Crippen LogP contribution in [-0.4, -0.2) is 34.3 Å². The van der Waals surface area contributed by atoms with Gasteiger partial charge < -0.3 is 15.4 Å². The van der Waals surface area contributed by atoms with Gasteiger partial charge in [0.2, 0.25) is 0 Å². The van der Waals surface area contributed by atoms with E-state index in [1.54, 1.807) is 6.92 Å². The molecule has 1 N–H and O–H groups in total. The van der Waals surface area contributed by atoms with Crippen molar-refractivity contribution >= 4 is 11.7 Å². The number of nitrogens with zero attached hydrogens (tertiary/aromatic N) is 2. The number of aliphatic hydroxyl groups is 1. The van der Waals surface area contributed by atoms with Crippen LogP contribution in [0.15, 0.2) is 0 Å². The molecule has 0 saturated carbocycles. The Balaban J connectivity index is 4.42. The van der Waals surface area contributed by atoms with Crippen molar-refractivity contribution < 1.29 is 19.4 Å². The highest BCUT2D eigenvalue weighted by Gasteiger charge is 2.31. The van der Waals surface area contributed by atoms with Gasteiger partial charge >= 0.3 is 11.7 Å². The van der Waals surface area contributed by atoms with Crippen molar-refractivity contribution in [2.45, 2.75) is 33.3 Å². The Kier molecular flexibility index (Phi) is 6.86. The van der Waals surface area contributed by atoms with E-state index in [9.17, 15) is 9.90 Å². The molecule has 0 aliphatic carbocycles. The SMILES string of the molecule is CC#CCOC(=O)C(=[N+]=[N-])C(O)CC(C)C. The summed E-state index contributed by atoms with van der Waals surface area (Å²) in [6.45, 7) is 5.30. The molecule has 0 aromatic rings. The van der Waals surface area contributed by atoms with Gasteiger partial charge in [0.25, 0.3) is 0 Å². The normalized spacial score (nSPS) is 11.1. The van der Waals surface area contributed by atoms with Crippen LogP contribution in [0.5, 0.6) is 0 Å². The van der Waals surface area contributed by atoms with Crippen LogP contribution >= 0.6 is 0 Å². The summed E-state index contributed by atoms with van der Waals surface area (Å²) in [5.74, 6) is 4.40. The van der Waals surface area contributed by atoms with Gasteiger partial charge in [-0.3, -0.25) is 0 Å². The fourth-order valence-electron chi connectivity index (χ4n) is 1.05. The molecule has 0 heterocycles. The Morgan fingerprint density at radius 3 is 2.62 bits per heavy atom. The van der Waals surface area contributed by atoms with Gasteiger partial charge in [0.1, 0.15) is 0 Å². The number of hydrogen-bond acceptors (Lipinski definition) is 3. The van der Waals surface area contributed by atoms with Crippen molar-refractivity contribution in [1.82, 2.24) is 0 Å². The Labute approximate surface area is 95.0 Å². The highest BCUT2D eigenvalue weighted by molar-refractivity contribution is 6.35. The minimum atomic E-state index is -1.12. The smallest absolute Gasteiger partial charge is 0.420 e. The molecule has 0 aliphatic rings. The molecule has 0 aromatic carbocycles. The minimum absolute atomic E-state index is 0.0806. The summed E-state index contributed by atoms with van der Waals surface area (Å²) in [5, 5.41) is 9.58. The molecule has 1 unspecified atom stereocenters. The maximum absolute atomic E-state index is 11.3. The Morgan fingerprint density at radius 2 is 2.19 bits per heavy atom. The largest absolute Gasteiger partial charge is 0.444 e. The summed E-state index contributed by atoms with van der Waals surface area (Å²) in [6, 6.07) is 0. The molecule has 0 saturated heterocycles. The van der Waals surface area contributed by atoms with E-state index in [4.69, 9.17) is 5.53 Å². The molecule has 1 atom stereocenters. The topological polar surface area (TPSA) is 82.9 Å². The van der Waals surface area contributed by atoms with Crippen LogP contribution in [0.2, 0.25) is 0 Å². The first-order valence-corrected chi connectivity index (χ1v) is 4.99. The molecular weight excluding hydrogens is 208 g/mol. The van der Waals surface area contributed by atoms with Crippen molar-refractivity contribution in [3.8, 4) is 11.8 Å². The third-order valence-electron chi connectivity index (χ3n) is 1.78. The molecule has 88 valence electrons. The van der Waals surface area contributed by atoms with E-state index in [1.807, 2.05) is 13.8 Å². The van der Waals surface area contributed by atoms with Crippen LogP contribution in [0.25, 0.3) is 5.53 Å². The van der Waals surface area contributed by atoms with E-state index in [2.05, 4.69) is 21.4 Å². The second-order valence-electron chi connectivity index (χ2n) is 3.63. The highest BCUT2D eigenvalue weighted by atomic mass is 16.5. The lowest BCUT2D eigenvalue weighted by Crippen LogP contribution is -2.32. The zero-order valence-electron chi connectivity index (χ0n) is 9.73. The summed E-state index contributed by atoms with van der Waals surface area (Å²) < 4.78 is 4.67. The van der Waals surface area contributed by atoms with Gasteiger partial charge in [-0.25, -0.2) is 4.79 Å². The van der Waals surface area contributed by atoms with E-state index >= 15 is 0 Å². The van der Waals surface area contributed by atoms with E-state index in [-0.39, 0.29) is 18.2 Å². The first-order chi connectivity index (χ1) is 7.52. The van der Waals surface area contributed by atoms with Gasteiger partial charge in [0.05, 0.1) is 0 Å². The third-order valence-corrected chi connectivity index (χ3v) is 1.78. The lowest BCUT2D eigenvalue weighted by atomic mass is 10.0. The molecule has 0 rings (SSSR count). The molecule has 0 fully saturated rings. The summed E-state index contributed by atoms with van der Waals surface area (Å²) in [4.78, 5) is 14.1. The van der Waals surface area contributed by atoms with Crippen molar-refractivity contribution in [1.29, 1.82) is 0 Å². The van der Waals surface area contributed by atoms with E-state index in [0.29, 0.717) is 6.42 Å². The summed E-state index contributed by atoms with van der Waals surface area (Å²) in [5.41, 5.74) is 8.24. The second-order valence-corrected chi connectivity index (χ2v) is 3.63. The maximum Gasteiger partial charge on any atom is 0.420 e. The van der Waals surface area contributed by atoms with E-state index in [1.165, 1.54) is 0 Å². The van der Waals surface area contributed by atoms with Gasteiger partial charge in [0, 0.05) is 0 Å². The number of carbonyl (C=O) groups is 1. The van der Waals surface area contributed by atoms with Crippen LogP contribution in [0.1, 0.15) is 27.2 Å². The molecular formula is C11H16N2O3. The number of rotatable bonds is 5. The Morgan fingerprint density at radius 1 is 1.56 bits per heavy atom. The maximum atomic E-state index is 11.3. The van der Waals surface area contributed by atoms with Crippen LogP contribution in [0.4, 0.5) is 0 Å². The van der Waals surface area contributed by atoms with Gasteiger partial charge in [-0.2, -0.15) is 4.79 Å². The van der Waals surface area contributed by atoms with E-state index in [0.717, 1.165) is 0 Å². The monoisotopic (exact) mass is 224 g/mol. The molecule has 0 aromatic heterocycles. The molecule has 5 nitrogen and oxygen atoms in total. The highest BCUT2D eigenvalue weighted by Crippen LogP contribution is 2.05. The average Bonchev–Trinajstić information content (AvgIpc) is 2.18. The standard InChI is InChI=1S/C11H16N2O3/c1-4-5-6-16-11(15)10(13-12)9(14)7-8(2)3/h8-9,14H,6-7H2,1-3H3. The zero-order chi connectivity index (χ0) is 12.6. The number of esters is 1. The predicted octanol–water partition coefficient (Wildman–Crippen LogP) is 0.631. The molecule has 16 heavy (non-hydrogen) atoms.